The van der Waals surface area contributed by atoms with Gasteiger partial charge < -0.3 is 4.74 Å². The van der Waals surface area contributed by atoms with E-state index in [0.717, 1.165) is 73.5 Å². The van der Waals surface area contributed by atoms with Crippen molar-refractivity contribution in [1.82, 2.24) is 0 Å². The summed E-state index contributed by atoms with van der Waals surface area (Å²) in [5.41, 5.74) is 7.98. The predicted octanol–water partition coefficient (Wildman–Crippen LogP) is 4.96. The lowest BCUT2D eigenvalue weighted by Gasteiger charge is -2.47. The molecule has 7 fully saturated rings. The molecule has 2 spiro atoms. The van der Waals surface area contributed by atoms with Gasteiger partial charge in [0, 0.05) is 72.5 Å². The van der Waals surface area contributed by atoms with Crippen LogP contribution < -0.4 is 18.3 Å². The van der Waals surface area contributed by atoms with E-state index in [9.17, 15) is 0 Å². The Morgan fingerprint density at radius 2 is 0.792 bits per heavy atom. The second-order valence-electron chi connectivity index (χ2n) is 16.3. The Morgan fingerprint density at radius 1 is 0.438 bits per heavy atom. The highest BCUT2D eigenvalue weighted by atomic mass is 16.5. The summed E-state index contributed by atoms with van der Waals surface area (Å²) in [5.74, 6) is 7.13. The highest BCUT2D eigenvalue weighted by molar-refractivity contribution is 5.61. The van der Waals surface area contributed by atoms with Gasteiger partial charge in [0.1, 0.15) is 0 Å². The molecule has 20 heterocycles. The second kappa shape index (κ2) is 9.26. The summed E-state index contributed by atoms with van der Waals surface area (Å²) in [7, 11) is 0. The third-order valence-electron chi connectivity index (χ3n) is 14.6. The van der Waals surface area contributed by atoms with E-state index >= 15 is 0 Å². The van der Waals surface area contributed by atoms with Gasteiger partial charge >= 0.3 is 0 Å². The average molecular weight is 631 g/mol. The molecule has 2 saturated heterocycles. The van der Waals surface area contributed by atoms with Gasteiger partial charge in [0.2, 0.25) is 0 Å². The Hall–Kier alpha value is -4.22. The minimum Gasteiger partial charge on any atom is -0.367 e. The van der Waals surface area contributed by atoms with Crippen molar-refractivity contribution in [2.75, 3.05) is 0 Å². The van der Waals surface area contributed by atoms with E-state index in [1.807, 2.05) is 0 Å². The van der Waals surface area contributed by atoms with Crippen molar-refractivity contribution in [2.24, 2.45) is 47.3 Å². The minimum absolute atomic E-state index is 0.130. The molecule has 10 atom stereocenters. The molecule has 0 N–H and O–H groups in total. The number of benzene rings is 1. The van der Waals surface area contributed by atoms with Crippen LogP contribution in [0.25, 0.3) is 22.3 Å². The van der Waals surface area contributed by atoms with Crippen LogP contribution in [-0.4, -0.2) is 11.2 Å². The van der Waals surface area contributed by atoms with Gasteiger partial charge in [0.25, 0.3) is 0 Å². The highest BCUT2D eigenvalue weighted by Gasteiger charge is 2.96. The smallest absolute Gasteiger partial charge is 0.173 e. The first kappa shape index (κ1) is 26.7. The lowest BCUT2D eigenvalue weighted by atomic mass is 9.54. The summed E-state index contributed by atoms with van der Waals surface area (Å²) < 4.78 is 17.0. The lowest BCUT2D eigenvalue weighted by Crippen LogP contribution is -2.53. The first-order valence-corrected chi connectivity index (χ1v) is 18.4. The van der Waals surface area contributed by atoms with Crippen LogP contribution in [0.2, 0.25) is 0 Å². The van der Waals surface area contributed by atoms with Crippen LogP contribution in [0.4, 0.5) is 0 Å². The maximum atomic E-state index is 7.62. The van der Waals surface area contributed by atoms with Crippen LogP contribution >= 0.6 is 0 Å². The number of aryl methyl sites for hydroxylation is 2. The molecular formula is C43H42N4O+4. The van der Waals surface area contributed by atoms with Gasteiger partial charge in [-0.3, -0.25) is 0 Å². The maximum Gasteiger partial charge on any atom is 0.173 e. The Bertz CT molecular complexity index is 1920. The largest absolute Gasteiger partial charge is 0.367 e. The molecule has 26 rings (SSSR count). The molecule has 10 unspecified atom stereocenters. The zero-order valence-corrected chi connectivity index (χ0v) is 27.3. The Labute approximate surface area is 282 Å². The van der Waals surface area contributed by atoms with Gasteiger partial charge in [-0.05, 0) is 76.0 Å². The number of rotatable bonds is 0. The van der Waals surface area contributed by atoms with Crippen LogP contribution in [0.3, 0.4) is 0 Å². The van der Waals surface area contributed by atoms with E-state index in [1.54, 1.807) is 0 Å². The monoisotopic (exact) mass is 630 g/mol. The molecule has 5 aromatic rings. The Morgan fingerprint density at radius 3 is 1.17 bits per heavy atom. The molecule has 48 heavy (non-hydrogen) atoms. The number of nitrogens with zero attached hydrogens (tertiary/aromatic N) is 4. The normalized spacial score (nSPS) is 37.1. The van der Waals surface area contributed by atoms with Crippen LogP contribution in [0, 0.1) is 47.3 Å². The van der Waals surface area contributed by atoms with Crippen LogP contribution in [0.15, 0.2) is 122 Å². The second-order valence-corrected chi connectivity index (χ2v) is 16.3. The fourth-order valence-corrected chi connectivity index (χ4v) is 13.2. The number of pyridine rings is 4. The molecule has 5 saturated carbocycles. The SMILES string of the molecule is c1cc2ccc1C[n+]1ccc(cc1)-c1cc[n+](cc1)CCC13OC4(CC[n+]5ccc(cc5)-c5cc[n+](cc5)C2)C2C5CC(C6C5C4C61)C23. The van der Waals surface area contributed by atoms with Gasteiger partial charge in [-0.15, -0.1) is 0 Å². The summed E-state index contributed by atoms with van der Waals surface area (Å²) in [6.07, 6.45) is 21.9. The number of hydrogen-bond donors (Lipinski definition) is 0. The molecule has 21 aliphatic rings. The number of hydrogen-bond acceptors (Lipinski definition) is 1. The van der Waals surface area contributed by atoms with Gasteiger partial charge in [-0.1, -0.05) is 24.3 Å². The fraction of sp³-hybridized carbons (Fsp3) is 0.395. The predicted molar refractivity (Wildman–Crippen MR) is 177 cm³/mol. The highest BCUT2D eigenvalue weighted by Crippen LogP contribution is 2.93. The van der Waals surface area contributed by atoms with Crippen molar-refractivity contribution in [3.05, 3.63) is 133 Å². The van der Waals surface area contributed by atoms with Crippen molar-refractivity contribution < 1.29 is 23.0 Å². The van der Waals surface area contributed by atoms with E-state index in [4.69, 9.17) is 4.74 Å². The fourth-order valence-electron chi connectivity index (χ4n) is 13.2. The standard InChI is InChI=1S/C43H42N4O/c1-2-29-4-3-28(1)26-46-19-9-32(10-20-46)30-5-15-44(16-6-30)23-13-42-38-34-25-35-37-36(34)40(42)41(37)43(48-42,39(35)38)14-24-45-17-7-31(8-18-45)33-11-21-47(27-29)22-12-33/h1-12,15-22,34-41H,13-14,23-27H2/q+4. The van der Waals surface area contributed by atoms with Crippen molar-refractivity contribution >= 4 is 0 Å². The quantitative estimate of drug-likeness (QED) is 0.222. The van der Waals surface area contributed by atoms with E-state index in [1.165, 1.54) is 52.6 Å². The summed E-state index contributed by atoms with van der Waals surface area (Å²) in [4.78, 5) is 0. The van der Waals surface area contributed by atoms with Gasteiger partial charge in [-0.25, -0.2) is 18.3 Å². The van der Waals surface area contributed by atoms with E-state index in [0.29, 0.717) is 0 Å². The zero-order chi connectivity index (χ0) is 31.2. The van der Waals surface area contributed by atoms with E-state index in [-0.39, 0.29) is 11.2 Å². The van der Waals surface area contributed by atoms with Gasteiger partial charge in [0.15, 0.2) is 75.8 Å². The third kappa shape index (κ3) is 3.36. The van der Waals surface area contributed by atoms with E-state index < -0.39 is 0 Å². The molecule has 5 heteroatoms. The van der Waals surface area contributed by atoms with Crippen molar-refractivity contribution in [1.29, 1.82) is 0 Å². The van der Waals surface area contributed by atoms with Crippen LogP contribution in [0.5, 0.6) is 0 Å². The van der Waals surface area contributed by atoms with Crippen molar-refractivity contribution in [3.63, 3.8) is 0 Å². The summed E-state index contributed by atoms with van der Waals surface area (Å²) in [5, 5.41) is 0. The lowest BCUT2D eigenvalue weighted by molar-refractivity contribution is -0.700. The molecule has 5 aliphatic carbocycles. The molecule has 236 valence electrons. The van der Waals surface area contributed by atoms with Crippen molar-refractivity contribution in [2.45, 2.75) is 56.6 Å². The summed E-state index contributed by atoms with van der Waals surface area (Å²) >= 11 is 0. The van der Waals surface area contributed by atoms with E-state index in [2.05, 4.69) is 141 Å². The topological polar surface area (TPSA) is 24.8 Å². The van der Waals surface area contributed by atoms with Crippen molar-refractivity contribution in [3.8, 4) is 22.3 Å². The molecular weight excluding hydrogens is 589 g/mol. The molecule has 4 aromatic heterocycles. The molecule has 0 radical (unpaired) electrons. The average Bonchev–Trinajstić information content (AvgIpc) is 3.82. The van der Waals surface area contributed by atoms with Gasteiger partial charge in [0.05, 0.1) is 11.2 Å². The molecule has 0 amide bonds. The van der Waals surface area contributed by atoms with Gasteiger partial charge in [-0.2, -0.15) is 0 Å². The molecule has 16 aliphatic heterocycles. The molecule has 1 aromatic carbocycles. The summed E-state index contributed by atoms with van der Waals surface area (Å²) in [6, 6.07) is 27.3. The first-order valence-electron chi connectivity index (χ1n) is 18.4. The maximum absolute atomic E-state index is 7.62. The Kier molecular flexibility index (Phi) is 5.15. The zero-order valence-electron chi connectivity index (χ0n) is 27.3. The van der Waals surface area contributed by atoms with Crippen LogP contribution in [-0.2, 0) is 30.9 Å². The third-order valence-corrected chi connectivity index (χ3v) is 14.6. The molecule has 14 bridgehead atoms. The number of ether oxygens (including phenoxy) is 1. The minimum atomic E-state index is 0.130. The van der Waals surface area contributed by atoms with Crippen LogP contribution in [0.1, 0.15) is 30.4 Å². The number of aromatic nitrogens is 4. The Balaban J connectivity index is 0.883. The molecule has 5 nitrogen and oxygen atoms in total. The first-order chi connectivity index (χ1) is 23.7. The summed E-state index contributed by atoms with van der Waals surface area (Å²) in [6.45, 7) is 3.85.